The van der Waals surface area contributed by atoms with Gasteiger partial charge in [0, 0.05) is 24.6 Å². The first-order chi connectivity index (χ1) is 8.96. The molecule has 2 heterocycles. The number of aryl methyl sites for hydroxylation is 1. The van der Waals surface area contributed by atoms with Gasteiger partial charge in [0.05, 0.1) is 12.0 Å². The second-order valence-corrected chi connectivity index (χ2v) is 7.81. The molecule has 1 atom stereocenters. The first-order valence-corrected chi connectivity index (χ1v) is 9.07. The van der Waals surface area contributed by atoms with Crippen LogP contribution in [0.2, 0.25) is 0 Å². The van der Waals surface area contributed by atoms with Crippen molar-refractivity contribution in [1.82, 2.24) is 4.31 Å². The highest BCUT2D eigenvalue weighted by Gasteiger charge is 2.31. The molecule has 1 aromatic heterocycles. The minimum Gasteiger partial charge on any atom is -0.377 e. The van der Waals surface area contributed by atoms with Crippen LogP contribution in [-0.2, 0) is 20.6 Å². The minimum atomic E-state index is -3.47. The van der Waals surface area contributed by atoms with Crippen molar-refractivity contribution in [2.24, 2.45) is 0 Å². The molecule has 2 rings (SSSR count). The van der Waals surface area contributed by atoms with E-state index in [4.69, 9.17) is 16.3 Å². The van der Waals surface area contributed by atoms with Crippen LogP contribution >= 0.6 is 22.9 Å². The molecule has 0 bridgehead atoms. The van der Waals surface area contributed by atoms with E-state index >= 15 is 0 Å². The van der Waals surface area contributed by atoms with Crippen LogP contribution in [0.15, 0.2) is 10.3 Å². The molecule has 1 aliphatic heterocycles. The Morgan fingerprint density at radius 2 is 2.32 bits per heavy atom. The molecule has 0 amide bonds. The zero-order valence-electron chi connectivity index (χ0n) is 11.1. The van der Waals surface area contributed by atoms with Gasteiger partial charge in [-0.2, -0.15) is 4.31 Å². The summed E-state index contributed by atoms with van der Waals surface area (Å²) in [6.07, 6.45) is 0.652. The topological polar surface area (TPSA) is 46.6 Å². The zero-order valence-corrected chi connectivity index (χ0v) is 13.4. The molecule has 0 saturated carbocycles. The lowest BCUT2D eigenvalue weighted by Crippen LogP contribution is -2.36. The van der Waals surface area contributed by atoms with Crippen LogP contribution in [0.5, 0.6) is 0 Å². The van der Waals surface area contributed by atoms with E-state index in [-0.39, 0.29) is 12.0 Å². The van der Waals surface area contributed by atoms with Gasteiger partial charge in [0.1, 0.15) is 4.90 Å². The van der Waals surface area contributed by atoms with E-state index in [1.807, 2.05) is 19.2 Å². The molecule has 1 unspecified atom stereocenters. The Labute approximate surface area is 123 Å². The summed E-state index contributed by atoms with van der Waals surface area (Å²) in [4.78, 5) is 1.11. The summed E-state index contributed by atoms with van der Waals surface area (Å²) in [7, 11) is -3.47. The van der Waals surface area contributed by atoms with E-state index in [1.165, 1.54) is 15.6 Å². The first kappa shape index (κ1) is 15.3. The first-order valence-electron chi connectivity index (χ1n) is 6.21. The fourth-order valence-electron chi connectivity index (χ4n) is 2.23. The SMILES string of the molecule is Cc1csc(CCl)c1S(=O)(=O)N1CCCOC(C)C1. The summed E-state index contributed by atoms with van der Waals surface area (Å²) in [5.74, 6) is 0.229. The Balaban J connectivity index is 2.38. The Hall–Kier alpha value is -0.140. The molecule has 1 aromatic rings. The Bertz CT molecular complexity index is 541. The monoisotopic (exact) mass is 323 g/mol. The van der Waals surface area contributed by atoms with Gasteiger partial charge in [-0.3, -0.25) is 0 Å². The van der Waals surface area contributed by atoms with Crippen LogP contribution < -0.4 is 0 Å². The summed E-state index contributed by atoms with van der Waals surface area (Å²) < 4.78 is 32.6. The van der Waals surface area contributed by atoms with E-state index in [0.29, 0.717) is 24.6 Å². The van der Waals surface area contributed by atoms with Gasteiger partial charge >= 0.3 is 0 Å². The fourth-order valence-corrected chi connectivity index (χ4v) is 5.79. The Kier molecular flexibility index (Phi) is 4.89. The van der Waals surface area contributed by atoms with E-state index in [0.717, 1.165) is 16.9 Å². The molecule has 1 aliphatic rings. The normalized spacial score (nSPS) is 22.4. The lowest BCUT2D eigenvalue weighted by atomic mass is 10.3. The third-order valence-electron chi connectivity index (χ3n) is 3.12. The van der Waals surface area contributed by atoms with Crippen molar-refractivity contribution in [3.63, 3.8) is 0 Å². The molecule has 108 valence electrons. The zero-order chi connectivity index (χ0) is 14.0. The third-order valence-corrected chi connectivity index (χ3v) is 6.88. The van der Waals surface area contributed by atoms with Crippen LogP contribution in [0, 0.1) is 6.92 Å². The molecule has 0 N–H and O–H groups in total. The summed E-state index contributed by atoms with van der Waals surface area (Å²) in [5.41, 5.74) is 0.776. The van der Waals surface area contributed by atoms with Crippen LogP contribution in [0.1, 0.15) is 23.8 Å². The Morgan fingerprint density at radius 3 is 3.00 bits per heavy atom. The average molecular weight is 324 g/mol. The molecular weight excluding hydrogens is 306 g/mol. The van der Waals surface area contributed by atoms with Crippen molar-refractivity contribution in [3.8, 4) is 0 Å². The summed E-state index contributed by atoms with van der Waals surface area (Å²) >= 11 is 7.26. The fraction of sp³-hybridized carbons (Fsp3) is 0.667. The number of hydrogen-bond acceptors (Lipinski definition) is 4. The highest BCUT2D eigenvalue weighted by molar-refractivity contribution is 7.89. The van der Waals surface area contributed by atoms with Crippen molar-refractivity contribution in [3.05, 3.63) is 15.8 Å². The number of rotatable bonds is 3. The maximum Gasteiger partial charge on any atom is 0.244 e. The summed E-state index contributed by atoms with van der Waals surface area (Å²) in [5, 5.41) is 1.85. The van der Waals surface area contributed by atoms with E-state index in [1.54, 1.807) is 0 Å². The maximum atomic E-state index is 12.8. The van der Waals surface area contributed by atoms with Crippen molar-refractivity contribution in [1.29, 1.82) is 0 Å². The van der Waals surface area contributed by atoms with Crippen molar-refractivity contribution < 1.29 is 13.2 Å². The summed E-state index contributed by atoms with van der Waals surface area (Å²) in [6, 6.07) is 0. The van der Waals surface area contributed by atoms with Crippen LogP contribution in [0.4, 0.5) is 0 Å². The number of sulfonamides is 1. The standard InChI is InChI=1S/C12H18ClNO3S2/c1-9-8-18-11(6-13)12(9)19(15,16)14-4-3-5-17-10(2)7-14/h8,10H,3-7H2,1-2H3. The van der Waals surface area contributed by atoms with Gasteiger partial charge in [0.25, 0.3) is 0 Å². The van der Waals surface area contributed by atoms with Crippen LogP contribution in [0.3, 0.4) is 0 Å². The van der Waals surface area contributed by atoms with Gasteiger partial charge in [-0.15, -0.1) is 22.9 Å². The predicted molar refractivity (Wildman–Crippen MR) is 77.4 cm³/mol. The van der Waals surface area contributed by atoms with Crippen LogP contribution in [-0.4, -0.2) is 38.5 Å². The molecule has 0 aliphatic carbocycles. The van der Waals surface area contributed by atoms with E-state index in [9.17, 15) is 8.42 Å². The number of ether oxygens (including phenoxy) is 1. The largest absolute Gasteiger partial charge is 0.377 e. The van der Waals surface area contributed by atoms with E-state index in [2.05, 4.69) is 0 Å². The molecule has 0 radical (unpaired) electrons. The highest BCUT2D eigenvalue weighted by atomic mass is 35.5. The van der Waals surface area contributed by atoms with E-state index < -0.39 is 10.0 Å². The highest BCUT2D eigenvalue weighted by Crippen LogP contribution is 2.31. The van der Waals surface area contributed by atoms with Gasteiger partial charge in [-0.25, -0.2) is 8.42 Å². The summed E-state index contributed by atoms with van der Waals surface area (Å²) in [6.45, 7) is 5.23. The molecule has 0 spiro atoms. The second-order valence-electron chi connectivity index (χ2n) is 4.70. The number of thiophene rings is 1. The second kappa shape index (κ2) is 6.10. The molecular formula is C12H18ClNO3S2. The molecule has 0 aromatic carbocycles. The molecule has 19 heavy (non-hydrogen) atoms. The van der Waals surface area contributed by atoms with Gasteiger partial charge < -0.3 is 4.74 Å². The van der Waals surface area contributed by atoms with Crippen molar-refractivity contribution in [2.75, 3.05) is 19.7 Å². The lowest BCUT2D eigenvalue weighted by molar-refractivity contribution is 0.0752. The smallest absolute Gasteiger partial charge is 0.244 e. The van der Waals surface area contributed by atoms with Gasteiger partial charge in [-0.1, -0.05) is 0 Å². The molecule has 4 nitrogen and oxygen atoms in total. The Morgan fingerprint density at radius 1 is 1.58 bits per heavy atom. The van der Waals surface area contributed by atoms with Gasteiger partial charge in [0.2, 0.25) is 10.0 Å². The maximum absolute atomic E-state index is 12.8. The average Bonchev–Trinajstić information content (AvgIpc) is 2.59. The van der Waals surface area contributed by atoms with Crippen LogP contribution in [0.25, 0.3) is 0 Å². The number of hydrogen-bond donors (Lipinski definition) is 0. The number of nitrogens with zero attached hydrogens (tertiary/aromatic N) is 1. The van der Waals surface area contributed by atoms with Gasteiger partial charge in [0.15, 0.2) is 0 Å². The molecule has 7 heteroatoms. The number of alkyl halides is 1. The third kappa shape index (κ3) is 3.13. The lowest BCUT2D eigenvalue weighted by Gasteiger charge is -2.22. The quantitative estimate of drug-likeness (QED) is 0.803. The van der Waals surface area contributed by atoms with Gasteiger partial charge in [-0.05, 0) is 31.2 Å². The molecule has 1 fully saturated rings. The minimum absolute atomic E-state index is 0.0735. The van der Waals surface area contributed by atoms with Crippen molar-refractivity contribution >= 4 is 33.0 Å². The predicted octanol–water partition coefficient (Wildman–Crippen LogP) is 2.59. The van der Waals surface area contributed by atoms with Crippen molar-refractivity contribution in [2.45, 2.75) is 37.1 Å². The number of halogens is 1. The molecule has 1 saturated heterocycles.